The number of hydrogen-bond donors (Lipinski definition) is 6. The van der Waals surface area contributed by atoms with Gasteiger partial charge in [0.25, 0.3) is 0 Å². The average molecular weight is 591 g/mol. The lowest BCUT2D eigenvalue weighted by atomic mass is 9.89. The number of guanidine groups is 1. The number of rotatable bonds is 14. The zero-order valence-electron chi connectivity index (χ0n) is 24.9. The smallest absolute Gasteiger partial charge is 0.242 e. The van der Waals surface area contributed by atoms with Crippen molar-refractivity contribution >= 4 is 23.6 Å². The first-order chi connectivity index (χ1) is 20.8. The molecule has 1 heterocycles. The summed E-state index contributed by atoms with van der Waals surface area (Å²) in [6.07, 6.45) is 6.38. The van der Waals surface area contributed by atoms with Gasteiger partial charge in [0.15, 0.2) is 11.7 Å². The minimum absolute atomic E-state index is 0.0630. The molecular formula is C33H46N6O4. The molecule has 1 aliphatic carbocycles. The maximum Gasteiger partial charge on any atom is 0.242 e. The van der Waals surface area contributed by atoms with E-state index in [9.17, 15) is 19.5 Å². The highest BCUT2D eigenvalue weighted by Gasteiger charge is 2.37. The number of Topliss-reactive ketones (excluding diaryl/α,β-unsaturated/α-hetero) is 1. The van der Waals surface area contributed by atoms with Crippen LogP contribution in [0.3, 0.4) is 0 Å². The first-order valence-corrected chi connectivity index (χ1v) is 15.6. The van der Waals surface area contributed by atoms with Gasteiger partial charge in [-0.2, -0.15) is 0 Å². The van der Waals surface area contributed by atoms with E-state index in [-0.39, 0.29) is 36.4 Å². The first kappa shape index (κ1) is 32.2. The largest absolute Gasteiger partial charge is 0.378 e. The van der Waals surface area contributed by atoms with Crippen molar-refractivity contribution in [3.05, 3.63) is 71.3 Å². The molecule has 10 heteroatoms. The molecule has 232 valence electrons. The summed E-state index contributed by atoms with van der Waals surface area (Å²) in [6, 6.07) is 15.4. The molecule has 1 unspecified atom stereocenters. The fourth-order valence-corrected chi connectivity index (χ4v) is 6.12. The number of ketones is 1. The lowest BCUT2D eigenvalue weighted by Crippen LogP contribution is -2.58. The van der Waals surface area contributed by atoms with E-state index in [1.807, 2.05) is 42.5 Å². The van der Waals surface area contributed by atoms with Crippen molar-refractivity contribution in [2.45, 2.75) is 89.1 Å². The Bertz CT molecular complexity index is 1230. The van der Waals surface area contributed by atoms with Crippen LogP contribution in [0.2, 0.25) is 0 Å². The van der Waals surface area contributed by atoms with Crippen molar-refractivity contribution in [2.24, 2.45) is 11.7 Å². The lowest BCUT2D eigenvalue weighted by molar-refractivity contribution is -0.137. The monoisotopic (exact) mass is 590 g/mol. The molecule has 3 atom stereocenters. The fraction of sp³-hybridized carbons (Fsp3) is 0.515. The van der Waals surface area contributed by atoms with Gasteiger partial charge >= 0.3 is 0 Å². The van der Waals surface area contributed by atoms with E-state index in [1.54, 1.807) is 17.0 Å². The molecule has 7 N–H and O–H groups in total. The Balaban J connectivity index is 1.44. The molecule has 0 radical (unpaired) electrons. The van der Waals surface area contributed by atoms with Gasteiger partial charge in [-0.05, 0) is 55.6 Å². The lowest BCUT2D eigenvalue weighted by Gasteiger charge is -2.39. The summed E-state index contributed by atoms with van der Waals surface area (Å²) in [5.41, 5.74) is 8.05. The predicted molar refractivity (Wildman–Crippen MR) is 166 cm³/mol. The Morgan fingerprint density at radius 1 is 0.953 bits per heavy atom. The second kappa shape index (κ2) is 16.2. The molecule has 43 heavy (non-hydrogen) atoms. The molecule has 0 bridgehead atoms. The molecule has 0 spiro atoms. The maximum absolute atomic E-state index is 13.9. The second-order valence-corrected chi connectivity index (χ2v) is 11.8. The number of nitrogens with two attached hydrogens (primary N) is 1. The van der Waals surface area contributed by atoms with Gasteiger partial charge in [-0.3, -0.25) is 24.7 Å². The highest BCUT2D eigenvalue weighted by atomic mass is 16.3. The van der Waals surface area contributed by atoms with Crippen molar-refractivity contribution in [1.29, 1.82) is 5.41 Å². The van der Waals surface area contributed by atoms with Crippen LogP contribution in [0.5, 0.6) is 0 Å². The molecule has 2 aliphatic rings. The third-order valence-corrected chi connectivity index (χ3v) is 8.60. The van der Waals surface area contributed by atoms with Crippen LogP contribution in [0.25, 0.3) is 0 Å². The summed E-state index contributed by atoms with van der Waals surface area (Å²) in [7, 11) is 0. The van der Waals surface area contributed by atoms with Gasteiger partial charge in [0.2, 0.25) is 11.8 Å². The van der Waals surface area contributed by atoms with Crippen LogP contribution in [-0.4, -0.2) is 65.0 Å². The number of hydrogen-bond acceptors (Lipinski definition) is 6. The Hall–Kier alpha value is -3.76. The molecule has 1 fully saturated rings. The van der Waals surface area contributed by atoms with Gasteiger partial charge in [0, 0.05) is 31.6 Å². The summed E-state index contributed by atoms with van der Waals surface area (Å²) in [6.45, 7) is 1.36. The van der Waals surface area contributed by atoms with E-state index in [1.165, 1.54) is 19.3 Å². The molecular weight excluding hydrogens is 544 g/mol. The summed E-state index contributed by atoms with van der Waals surface area (Å²) in [4.78, 5) is 41.7. The minimum Gasteiger partial charge on any atom is -0.378 e. The fourth-order valence-electron chi connectivity index (χ4n) is 6.12. The van der Waals surface area contributed by atoms with Crippen LogP contribution in [0.15, 0.2) is 54.6 Å². The van der Waals surface area contributed by atoms with E-state index >= 15 is 0 Å². The number of aliphatic hydroxyl groups is 1. The van der Waals surface area contributed by atoms with Gasteiger partial charge < -0.3 is 26.8 Å². The van der Waals surface area contributed by atoms with Gasteiger partial charge in [0.05, 0.1) is 6.04 Å². The minimum atomic E-state index is -1.02. The number of amides is 2. The van der Waals surface area contributed by atoms with Crippen LogP contribution < -0.4 is 21.7 Å². The summed E-state index contributed by atoms with van der Waals surface area (Å²) < 4.78 is 0. The van der Waals surface area contributed by atoms with Crippen LogP contribution >= 0.6 is 0 Å². The van der Waals surface area contributed by atoms with E-state index in [0.717, 1.165) is 24.0 Å². The first-order valence-electron chi connectivity index (χ1n) is 15.6. The molecule has 0 saturated heterocycles. The Kier molecular flexibility index (Phi) is 12.1. The van der Waals surface area contributed by atoms with Crippen LogP contribution in [-0.2, 0) is 22.6 Å². The van der Waals surface area contributed by atoms with Crippen molar-refractivity contribution in [2.75, 3.05) is 13.1 Å². The zero-order chi connectivity index (χ0) is 30.6. The van der Waals surface area contributed by atoms with Crippen LogP contribution in [0.1, 0.15) is 79.3 Å². The normalized spacial score (nSPS) is 18.6. The topological polar surface area (TPSA) is 161 Å². The highest BCUT2D eigenvalue weighted by Crippen LogP contribution is 2.27. The van der Waals surface area contributed by atoms with Crippen molar-refractivity contribution in [3.8, 4) is 0 Å². The Morgan fingerprint density at radius 2 is 1.65 bits per heavy atom. The Labute approximate surface area is 254 Å². The van der Waals surface area contributed by atoms with Crippen molar-refractivity contribution in [3.63, 3.8) is 0 Å². The van der Waals surface area contributed by atoms with E-state index < -0.39 is 18.3 Å². The van der Waals surface area contributed by atoms with E-state index in [0.29, 0.717) is 50.4 Å². The Morgan fingerprint density at radius 3 is 2.37 bits per heavy atom. The summed E-state index contributed by atoms with van der Waals surface area (Å²) >= 11 is 0. The molecule has 4 rings (SSSR count). The van der Waals surface area contributed by atoms with Crippen LogP contribution in [0.4, 0.5) is 0 Å². The molecule has 2 aromatic rings. The number of carbonyl (C=O) groups is 3. The molecule has 2 aromatic carbocycles. The molecule has 1 aliphatic heterocycles. The van der Waals surface area contributed by atoms with Gasteiger partial charge in [-0.15, -0.1) is 0 Å². The highest BCUT2D eigenvalue weighted by molar-refractivity contribution is 5.96. The maximum atomic E-state index is 13.9. The molecule has 2 amide bonds. The average Bonchev–Trinajstić information content (AvgIpc) is 3.03. The predicted octanol–water partition coefficient (Wildman–Crippen LogP) is 2.84. The van der Waals surface area contributed by atoms with Gasteiger partial charge in [-0.1, -0.05) is 73.9 Å². The molecule has 0 aromatic heterocycles. The molecule has 1 saturated carbocycles. The molecule has 10 nitrogen and oxygen atoms in total. The number of carbonyl (C=O) groups excluding carboxylic acids is 3. The number of nitrogens with zero attached hydrogens (tertiary/aromatic N) is 1. The second-order valence-electron chi connectivity index (χ2n) is 11.8. The van der Waals surface area contributed by atoms with E-state index in [2.05, 4.69) is 16.0 Å². The van der Waals surface area contributed by atoms with Crippen molar-refractivity contribution in [1.82, 2.24) is 20.9 Å². The summed E-state index contributed by atoms with van der Waals surface area (Å²) in [5.74, 6) is -0.308. The number of benzene rings is 2. The van der Waals surface area contributed by atoms with Gasteiger partial charge in [-0.25, -0.2) is 0 Å². The number of aliphatic hydroxyl groups excluding tert-OH is 1. The third kappa shape index (κ3) is 9.62. The quantitative estimate of drug-likeness (QED) is 0.0854. The third-order valence-electron chi connectivity index (χ3n) is 8.60. The zero-order valence-corrected chi connectivity index (χ0v) is 24.9. The number of nitrogens with one attached hydrogen (secondary N) is 4. The van der Waals surface area contributed by atoms with Gasteiger partial charge in [0.1, 0.15) is 12.3 Å². The van der Waals surface area contributed by atoms with E-state index in [4.69, 9.17) is 11.1 Å². The van der Waals surface area contributed by atoms with Crippen molar-refractivity contribution < 1.29 is 19.5 Å². The summed E-state index contributed by atoms with van der Waals surface area (Å²) in [5, 5.41) is 27.5. The van der Waals surface area contributed by atoms with Crippen LogP contribution in [0, 0.1) is 11.3 Å². The standard InChI is InChI=1S/C33H46N6O4/c34-33(35)36-19-9-16-27(31(42)37-21-23-10-3-1-4-11-23)38-32(43)28-20-25-14-7-8-15-26(25)22-39(28)30(41)18-17-29(40)24-12-5-2-6-13-24/h2,5-8,12-15,23,27-28,30,41H,1,3-4,9-11,16-22H2,(H,37,42)(H,38,43)(H4,34,35,36)/t27-,28-,30?/m0/s1. The SMILES string of the molecule is N=C(N)NCCC[C@H](NC(=O)[C@@H]1Cc2ccccc2CN1C(O)CCC(=O)c1ccccc1)C(=O)NCC1CCCCC1. The number of fused-ring (bicyclic) bond motifs is 1.